The maximum atomic E-state index is 9.91. The molecule has 1 fully saturated rings. The molecule has 1 aromatic heterocycles. The number of hydrogen-bond donors (Lipinski definition) is 3. The molecule has 6 nitrogen and oxygen atoms in total. The van der Waals surface area contributed by atoms with Gasteiger partial charge in [-0.15, -0.1) is 11.8 Å². The van der Waals surface area contributed by atoms with Gasteiger partial charge in [0.2, 0.25) is 0 Å². The van der Waals surface area contributed by atoms with Crippen molar-refractivity contribution in [1.29, 1.82) is 0 Å². The molecule has 0 spiro atoms. The number of ether oxygens (including phenoxy) is 1. The molecule has 1 saturated heterocycles. The minimum absolute atomic E-state index is 0.0837. The summed E-state index contributed by atoms with van der Waals surface area (Å²) < 4.78 is 7.01. The van der Waals surface area contributed by atoms with Crippen LogP contribution in [0.4, 0.5) is 0 Å². The first-order valence-electron chi connectivity index (χ1n) is 10.5. The maximum Gasteiger partial charge on any atom is 0.138 e. The highest BCUT2D eigenvalue weighted by Gasteiger charge is 2.26. The molecule has 32 heavy (non-hydrogen) atoms. The van der Waals surface area contributed by atoms with Crippen molar-refractivity contribution in [2.24, 2.45) is 0 Å². The van der Waals surface area contributed by atoms with E-state index in [1.54, 1.807) is 35.6 Å². The van der Waals surface area contributed by atoms with Crippen LogP contribution in [0.1, 0.15) is 30.5 Å². The molecule has 4 rings (SSSR count). The molecular formula is C25H26N2O4S. The Labute approximate surface area is 191 Å². The molecule has 0 bridgehead atoms. The number of aliphatic hydroxyl groups excluding tert-OH is 3. The Hall–Kier alpha value is -2.60. The normalized spacial score (nSPS) is 19.9. The standard InChI is InChI=1S/C25H26N2O4S/c1-17(29)25-26-12-13-27(25)21(14-28)9-4-18-2-5-19(6-3-18)20-7-10-22(11-8-20)32-24-16-31-15-23(24)30/h2-3,5-8,10-13,17,21,23-24,28-30H,14-16H2,1H3/t17-,21-,23+,24?/m1/s1. The molecule has 1 aliphatic heterocycles. The van der Waals surface area contributed by atoms with Crippen molar-refractivity contribution < 1.29 is 20.1 Å². The van der Waals surface area contributed by atoms with Crippen LogP contribution < -0.4 is 0 Å². The lowest BCUT2D eigenvalue weighted by Gasteiger charge is -2.14. The van der Waals surface area contributed by atoms with E-state index in [2.05, 4.69) is 41.1 Å². The fraction of sp³-hybridized carbons (Fsp3) is 0.320. The first-order valence-corrected chi connectivity index (χ1v) is 11.4. The zero-order valence-corrected chi connectivity index (χ0v) is 18.6. The molecule has 0 amide bonds. The molecule has 2 aromatic carbocycles. The van der Waals surface area contributed by atoms with Gasteiger partial charge in [0, 0.05) is 22.9 Å². The van der Waals surface area contributed by atoms with Gasteiger partial charge >= 0.3 is 0 Å². The van der Waals surface area contributed by atoms with E-state index >= 15 is 0 Å². The monoisotopic (exact) mass is 450 g/mol. The van der Waals surface area contributed by atoms with Crippen molar-refractivity contribution in [2.45, 2.75) is 35.3 Å². The highest BCUT2D eigenvalue weighted by molar-refractivity contribution is 8.00. The fourth-order valence-corrected chi connectivity index (χ4v) is 4.61. The van der Waals surface area contributed by atoms with Crippen LogP contribution in [0.15, 0.2) is 65.8 Å². The zero-order valence-electron chi connectivity index (χ0n) is 17.8. The van der Waals surface area contributed by atoms with Crippen molar-refractivity contribution in [3.63, 3.8) is 0 Å². The van der Waals surface area contributed by atoms with Crippen molar-refractivity contribution >= 4 is 11.8 Å². The molecule has 3 aromatic rings. The summed E-state index contributed by atoms with van der Waals surface area (Å²) in [4.78, 5) is 5.25. The molecule has 3 N–H and O–H groups in total. The Morgan fingerprint density at radius 2 is 1.81 bits per heavy atom. The second-order valence-corrected chi connectivity index (χ2v) is 9.01. The Morgan fingerprint density at radius 1 is 1.12 bits per heavy atom. The van der Waals surface area contributed by atoms with E-state index in [1.165, 1.54) is 0 Å². The van der Waals surface area contributed by atoms with E-state index in [9.17, 15) is 15.3 Å². The number of rotatable bonds is 6. The first kappa shape index (κ1) is 22.6. The number of benzene rings is 2. The van der Waals surface area contributed by atoms with Crippen LogP contribution in [0.3, 0.4) is 0 Å². The van der Waals surface area contributed by atoms with Crippen molar-refractivity contribution in [2.75, 3.05) is 19.8 Å². The SMILES string of the molecule is C[C@@H](O)c1nccn1[C@H](C#Cc1ccc(-c2ccc(SC3COC[C@@H]3O)cc2)cc1)CO. The largest absolute Gasteiger partial charge is 0.393 e. The van der Waals surface area contributed by atoms with Gasteiger partial charge < -0.3 is 24.6 Å². The Kier molecular flexibility index (Phi) is 7.30. The molecule has 2 heterocycles. The Morgan fingerprint density at radius 3 is 2.41 bits per heavy atom. The van der Waals surface area contributed by atoms with Gasteiger partial charge in [-0.2, -0.15) is 0 Å². The van der Waals surface area contributed by atoms with Crippen LogP contribution in [0.25, 0.3) is 11.1 Å². The third-order valence-electron chi connectivity index (χ3n) is 5.32. The molecule has 166 valence electrons. The summed E-state index contributed by atoms with van der Waals surface area (Å²) in [5, 5.41) is 29.6. The van der Waals surface area contributed by atoms with Crippen LogP contribution in [-0.2, 0) is 4.74 Å². The van der Waals surface area contributed by atoms with Gasteiger partial charge in [0.25, 0.3) is 0 Å². The summed E-state index contributed by atoms with van der Waals surface area (Å²) in [6, 6.07) is 15.7. The predicted molar refractivity (Wildman–Crippen MR) is 124 cm³/mol. The van der Waals surface area contributed by atoms with E-state index in [0.717, 1.165) is 21.6 Å². The van der Waals surface area contributed by atoms with Gasteiger partial charge in [-0.25, -0.2) is 4.98 Å². The van der Waals surface area contributed by atoms with Crippen molar-refractivity contribution in [3.8, 4) is 23.0 Å². The van der Waals surface area contributed by atoms with Gasteiger partial charge in [-0.1, -0.05) is 36.1 Å². The third kappa shape index (κ3) is 5.23. The smallest absolute Gasteiger partial charge is 0.138 e. The molecule has 1 unspecified atom stereocenters. The molecule has 1 aliphatic rings. The Balaban J connectivity index is 1.44. The minimum atomic E-state index is -0.735. The molecular weight excluding hydrogens is 424 g/mol. The van der Waals surface area contributed by atoms with E-state index < -0.39 is 18.2 Å². The molecule has 4 atom stereocenters. The molecule has 0 saturated carbocycles. The molecule has 0 aliphatic carbocycles. The number of aromatic nitrogens is 2. The van der Waals surface area contributed by atoms with Crippen LogP contribution in [0.2, 0.25) is 0 Å². The highest BCUT2D eigenvalue weighted by Crippen LogP contribution is 2.30. The summed E-state index contributed by atoms with van der Waals surface area (Å²) in [5.41, 5.74) is 3.03. The number of hydrogen-bond acceptors (Lipinski definition) is 6. The summed E-state index contributed by atoms with van der Waals surface area (Å²) in [5.74, 6) is 6.65. The van der Waals surface area contributed by atoms with E-state index in [-0.39, 0.29) is 11.9 Å². The van der Waals surface area contributed by atoms with E-state index in [1.807, 2.05) is 24.3 Å². The van der Waals surface area contributed by atoms with Gasteiger partial charge in [-0.3, -0.25) is 0 Å². The van der Waals surface area contributed by atoms with Crippen LogP contribution in [0.5, 0.6) is 0 Å². The maximum absolute atomic E-state index is 9.91. The summed E-state index contributed by atoms with van der Waals surface area (Å²) in [6.45, 7) is 2.45. The average molecular weight is 451 g/mol. The second-order valence-electron chi connectivity index (χ2n) is 7.70. The number of imidazole rings is 1. The first-order chi connectivity index (χ1) is 15.5. The fourth-order valence-electron chi connectivity index (χ4n) is 3.56. The van der Waals surface area contributed by atoms with Crippen LogP contribution in [-0.4, -0.2) is 56.0 Å². The lowest BCUT2D eigenvalue weighted by Crippen LogP contribution is -2.19. The van der Waals surface area contributed by atoms with Gasteiger partial charge in [0.1, 0.15) is 18.0 Å². The van der Waals surface area contributed by atoms with E-state index in [4.69, 9.17) is 4.74 Å². The minimum Gasteiger partial charge on any atom is -0.393 e. The molecule has 7 heteroatoms. The predicted octanol–water partition coefficient (Wildman–Crippen LogP) is 3.04. The second kappa shape index (κ2) is 10.3. The average Bonchev–Trinajstić information content (AvgIpc) is 3.45. The van der Waals surface area contributed by atoms with Crippen molar-refractivity contribution in [1.82, 2.24) is 9.55 Å². The van der Waals surface area contributed by atoms with E-state index in [0.29, 0.717) is 19.0 Å². The number of nitrogens with zero attached hydrogens (tertiary/aromatic N) is 2. The summed E-state index contributed by atoms with van der Waals surface area (Å²) in [7, 11) is 0. The highest BCUT2D eigenvalue weighted by atomic mass is 32.2. The third-order valence-corrected chi connectivity index (χ3v) is 6.62. The topological polar surface area (TPSA) is 87.7 Å². The van der Waals surface area contributed by atoms with Gasteiger partial charge in [0.15, 0.2) is 0 Å². The van der Waals surface area contributed by atoms with Crippen molar-refractivity contribution in [3.05, 3.63) is 72.3 Å². The number of thioether (sulfide) groups is 1. The van der Waals surface area contributed by atoms with Gasteiger partial charge in [-0.05, 0) is 42.3 Å². The summed E-state index contributed by atoms with van der Waals surface area (Å²) >= 11 is 1.64. The zero-order chi connectivity index (χ0) is 22.5. The van der Waals surface area contributed by atoms with Crippen LogP contribution >= 0.6 is 11.8 Å². The summed E-state index contributed by atoms with van der Waals surface area (Å²) in [6.07, 6.45) is 2.16. The lowest BCUT2D eigenvalue weighted by molar-refractivity contribution is 0.127. The quantitative estimate of drug-likeness (QED) is 0.501. The van der Waals surface area contributed by atoms with Crippen LogP contribution in [0, 0.1) is 11.8 Å². The lowest BCUT2D eigenvalue weighted by atomic mass is 10.0. The number of aliphatic hydroxyl groups is 3. The Bertz CT molecular complexity index is 1080. The van der Waals surface area contributed by atoms with Gasteiger partial charge in [0.05, 0.1) is 31.2 Å². The molecule has 0 radical (unpaired) electrons.